The van der Waals surface area contributed by atoms with Crippen LogP contribution >= 0.6 is 10.5 Å². The Bertz CT molecular complexity index is 665. The highest BCUT2D eigenvalue weighted by atomic mass is 32.2. The van der Waals surface area contributed by atoms with Crippen molar-refractivity contribution >= 4 is 27.1 Å². The molecule has 1 aromatic heterocycles. The van der Waals surface area contributed by atoms with Crippen molar-refractivity contribution in [2.45, 2.75) is 6.42 Å². The van der Waals surface area contributed by atoms with E-state index in [1.807, 2.05) is 24.3 Å². The van der Waals surface area contributed by atoms with Gasteiger partial charge in [-0.3, -0.25) is 4.98 Å². The topological polar surface area (TPSA) is 34.5 Å². The lowest BCUT2D eigenvalue weighted by Crippen LogP contribution is -1.92. The van der Waals surface area contributed by atoms with E-state index >= 15 is 0 Å². The van der Waals surface area contributed by atoms with Crippen molar-refractivity contribution in [2.75, 3.05) is 6.26 Å². The summed E-state index contributed by atoms with van der Waals surface area (Å²) in [5, 5.41) is 1.16. The number of hydrogen-bond acceptors (Lipinski definition) is 3. The first-order valence-electron chi connectivity index (χ1n) is 5.96. The Kier molecular flexibility index (Phi) is 3.17. The second kappa shape index (κ2) is 4.97. The van der Waals surface area contributed by atoms with Gasteiger partial charge < -0.3 is 4.74 Å². The maximum atomic E-state index is 5.78. The van der Waals surface area contributed by atoms with E-state index in [9.17, 15) is 0 Å². The summed E-state index contributed by atoms with van der Waals surface area (Å²) in [6, 6.07) is 9.71. The first kappa shape index (κ1) is 12.1. The van der Waals surface area contributed by atoms with Crippen LogP contribution in [0.15, 0.2) is 47.7 Å². The van der Waals surface area contributed by atoms with E-state index in [2.05, 4.69) is 28.2 Å². The molecule has 0 fully saturated rings. The Morgan fingerprint density at radius 1 is 1.16 bits per heavy atom. The third-order valence-corrected chi connectivity index (χ3v) is 3.97. The Hall–Kier alpha value is -1.94. The quantitative estimate of drug-likeness (QED) is 0.778. The van der Waals surface area contributed by atoms with Crippen LogP contribution in [0.5, 0.6) is 11.5 Å². The molecule has 3 nitrogen and oxygen atoms in total. The Morgan fingerprint density at radius 3 is 2.68 bits per heavy atom. The first-order chi connectivity index (χ1) is 9.22. The molecule has 2 heterocycles. The molecule has 4 heteroatoms. The number of pyridine rings is 1. The molecule has 1 aliphatic rings. The summed E-state index contributed by atoms with van der Waals surface area (Å²) in [5.74, 6) is 5.64. The van der Waals surface area contributed by atoms with E-state index in [1.54, 1.807) is 12.4 Å². The summed E-state index contributed by atoms with van der Waals surface area (Å²) in [6.07, 6.45) is 6.43. The minimum atomic E-state index is -0.0108. The van der Waals surface area contributed by atoms with Crippen molar-refractivity contribution in [2.24, 2.45) is 4.99 Å². The summed E-state index contributed by atoms with van der Waals surface area (Å²) in [4.78, 5) is 8.59. The molecule has 3 rings (SSSR count). The van der Waals surface area contributed by atoms with Gasteiger partial charge in [-0.2, -0.15) is 10.5 Å². The zero-order chi connectivity index (χ0) is 13.2. The third-order valence-electron chi connectivity index (χ3n) is 2.93. The monoisotopic (exact) mass is 270 g/mol. The number of hydrogen-bond donors (Lipinski definition) is 0. The molecule has 1 unspecified atom stereocenters. The van der Waals surface area contributed by atoms with E-state index in [4.69, 9.17) is 4.74 Å². The fourth-order valence-electron chi connectivity index (χ4n) is 1.94. The number of ether oxygens (including phenoxy) is 1. The lowest BCUT2D eigenvalue weighted by molar-refractivity contribution is 0.482. The minimum Gasteiger partial charge on any atom is -0.457 e. The number of rotatable bonds is 2. The molecule has 96 valence electrons. The van der Waals surface area contributed by atoms with Gasteiger partial charge in [-0.1, -0.05) is 11.9 Å². The van der Waals surface area contributed by atoms with Crippen LogP contribution in [0, 0.1) is 0 Å². The van der Waals surface area contributed by atoms with Gasteiger partial charge in [0.05, 0.1) is 10.7 Å². The predicted octanol–water partition coefficient (Wildman–Crippen LogP) is 3.79. The fraction of sp³-hybridized carbons (Fsp3) is 0.133. The summed E-state index contributed by atoms with van der Waals surface area (Å²) >= 11 is 0. The first-order valence-corrected chi connectivity index (χ1v) is 7.76. The zero-order valence-corrected chi connectivity index (χ0v) is 11.5. The second-order valence-corrected chi connectivity index (χ2v) is 6.14. The van der Waals surface area contributed by atoms with Crippen LogP contribution in [0.1, 0.15) is 5.56 Å². The molecule has 0 bridgehead atoms. The normalized spacial score (nSPS) is 14.7. The van der Waals surface area contributed by atoms with Gasteiger partial charge in [-0.25, -0.2) is 4.99 Å². The predicted molar refractivity (Wildman–Crippen MR) is 82.2 cm³/mol. The third kappa shape index (κ3) is 2.58. The molecule has 1 aromatic carbocycles. The minimum absolute atomic E-state index is 0.0108. The molecular formula is C15H14N2OS. The lowest BCUT2D eigenvalue weighted by atomic mass is 10.1. The molecule has 1 atom stereocenters. The molecule has 0 radical (unpaired) electrons. The second-order valence-electron chi connectivity index (χ2n) is 4.39. The van der Waals surface area contributed by atoms with Gasteiger partial charge in [0.2, 0.25) is 0 Å². The molecule has 0 aliphatic carbocycles. The lowest BCUT2D eigenvalue weighted by Gasteiger charge is -2.06. The number of benzene rings is 1. The molecule has 1 aliphatic heterocycles. The molecule has 0 saturated carbocycles. The largest absolute Gasteiger partial charge is 0.457 e. The summed E-state index contributed by atoms with van der Waals surface area (Å²) < 4.78 is 5.78. The van der Waals surface area contributed by atoms with Crippen molar-refractivity contribution in [3.8, 4) is 11.5 Å². The van der Waals surface area contributed by atoms with Crippen LogP contribution in [-0.4, -0.2) is 22.2 Å². The molecule has 19 heavy (non-hydrogen) atoms. The standard InChI is InChI=1S/C15H14N2OS/c1-19(2)15-9-11-3-4-13(10-14(11)17-15)18-12-5-7-16-8-6-12/h3-8,10H,1,9H2,2H3. The zero-order valence-electron chi connectivity index (χ0n) is 10.7. The Balaban J connectivity index is 1.87. The highest BCUT2D eigenvalue weighted by Crippen LogP contribution is 2.35. The van der Waals surface area contributed by atoms with Crippen LogP contribution in [0.2, 0.25) is 0 Å². The van der Waals surface area contributed by atoms with E-state index in [0.717, 1.165) is 28.7 Å². The van der Waals surface area contributed by atoms with Crippen LogP contribution in [-0.2, 0) is 6.42 Å². The molecule has 2 aromatic rings. The van der Waals surface area contributed by atoms with Gasteiger partial charge in [0.15, 0.2) is 0 Å². The average Bonchev–Trinajstić information content (AvgIpc) is 2.83. The Morgan fingerprint density at radius 2 is 1.95 bits per heavy atom. The maximum absolute atomic E-state index is 5.78. The molecular weight excluding hydrogens is 256 g/mol. The maximum Gasteiger partial charge on any atom is 0.130 e. The van der Waals surface area contributed by atoms with Gasteiger partial charge in [0, 0.05) is 24.9 Å². The van der Waals surface area contributed by atoms with Gasteiger partial charge in [-0.15, -0.1) is 0 Å². The fourth-order valence-corrected chi connectivity index (χ4v) is 2.60. The Labute approximate surface area is 114 Å². The van der Waals surface area contributed by atoms with Crippen molar-refractivity contribution in [1.82, 2.24) is 4.98 Å². The molecule has 0 saturated heterocycles. The van der Waals surface area contributed by atoms with Crippen molar-refractivity contribution in [3.63, 3.8) is 0 Å². The van der Waals surface area contributed by atoms with Crippen LogP contribution in [0.25, 0.3) is 0 Å². The van der Waals surface area contributed by atoms with Gasteiger partial charge in [-0.05, 0) is 30.0 Å². The van der Waals surface area contributed by atoms with E-state index in [-0.39, 0.29) is 10.5 Å². The summed E-state index contributed by atoms with van der Waals surface area (Å²) in [6.45, 7) is 0. The van der Waals surface area contributed by atoms with Gasteiger partial charge in [0.25, 0.3) is 0 Å². The van der Waals surface area contributed by atoms with Crippen LogP contribution in [0.4, 0.5) is 5.69 Å². The van der Waals surface area contributed by atoms with E-state index < -0.39 is 0 Å². The molecule has 0 amide bonds. The van der Waals surface area contributed by atoms with Crippen molar-refractivity contribution in [1.29, 1.82) is 0 Å². The smallest absolute Gasteiger partial charge is 0.130 e. The van der Waals surface area contributed by atoms with Crippen LogP contribution < -0.4 is 4.74 Å². The highest BCUT2D eigenvalue weighted by molar-refractivity contribution is 8.26. The average molecular weight is 270 g/mol. The van der Waals surface area contributed by atoms with Crippen LogP contribution in [0.3, 0.4) is 0 Å². The van der Waals surface area contributed by atoms with Gasteiger partial charge >= 0.3 is 0 Å². The van der Waals surface area contributed by atoms with Crippen molar-refractivity contribution < 1.29 is 4.74 Å². The SMILES string of the molecule is C=S(C)C1=Nc2cc(Oc3ccncc3)ccc2C1. The highest BCUT2D eigenvalue weighted by Gasteiger charge is 2.15. The van der Waals surface area contributed by atoms with E-state index in [1.165, 1.54) is 5.56 Å². The number of aromatic nitrogens is 1. The summed E-state index contributed by atoms with van der Waals surface area (Å²) in [7, 11) is -0.0108. The molecule has 0 N–H and O–H groups in total. The van der Waals surface area contributed by atoms with Crippen molar-refractivity contribution in [3.05, 3.63) is 48.3 Å². The number of aliphatic imine (C=N–C) groups is 1. The summed E-state index contributed by atoms with van der Waals surface area (Å²) in [5.41, 5.74) is 2.25. The molecule has 0 spiro atoms. The van der Waals surface area contributed by atoms with Gasteiger partial charge in [0.1, 0.15) is 11.5 Å². The number of fused-ring (bicyclic) bond motifs is 1. The van der Waals surface area contributed by atoms with E-state index in [0.29, 0.717) is 0 Å². The number of nitrogens with zero attached hydrogens (tertiary/aromatic N) is 2.